The van der Waals surface area contributed by atoms with E-state index < -0.39 is 58.6 Å². The Morgan fingerprint density at radius 3 is 2.31 bits per heavy atom. The highest BCUT2D eigenvalue weighted by Gasteiger charge is 2.68. The SMILES string of the molecule is COc1cc(O)cc(OC)c1[C@H]1C2=CC[C@@H]3C(=O)N(CCCCCC(=O)O)C(=O)[C@@H]3[C@@H]2C[C@H]2C(=O)N(c3ccc(F)c(Cl)c3)C(=O)[C@@]12C. The van der Waals surface area contributed by atoms with E-state index in [0.29, 0.717) is 30.4 Å². The molecule has 2 aliphatic carbocycles. The molecule has 0 bridgehead atoms. The zero-order chi connectivity index (χ0) is 34.7. The van der Waals surface area contributed by atoms with Crippen LogP contribution in [0.1, 0.15) is 56.9 Å². The first kappa shape index (κ1) is 33.5. The molecule has 2 saturated heterocycles. The summed E-state index contributed by atoms with van der Waals surface area (Å²) in [7, 11) is 2.82. The smallest absolute Gasteiger partial charge is 0.303 e. The second kappa shape index (κ2) is 12.5. The summed E-state index contributed by atoms with van der Waals surface area (Å²) in [4.78, 5) is 69.9. The van der Waals surface area contributed by atoms with Crippen LogP contribution in [-0.4, -0.2) is 65.5 Å². The van der Waals surface area contributed by atoms with Gasteiger partial charge in [-0.15, -0.1) is 0 Å². The molecular weight excluding hydrogens is 647 g/mol. The molecular formula is C35H36ClFN2O9. The number of carboxylic acids is 1. The third-order valence-corrected chi connectivity index (χ3v) is 10.9. The van der Waals surface area contributed by atoms with Crippen molar-refractivity contribution in [1.82, 2.24) is 4.90 Å². The third kappa shape index (κ3) is 5.12. The van der Waals surface area contributed by atoms with E-state index in [2.05, 4.69) is 0 Å². The molecule has 48 heavy (non-hydrogen) atoms. The van der Waals surface area contributed by atoms with E-state index in [1.54, 1.807) is 6.92 Å². The zero-order valence-electron chi connectivity index (χ0n) is 26.7. The minimum Gasteiger partial charge on any atom is -0.508 e. The highest BCUT2D eigenvalue weighted by atomic mass is 35.5. The van der Waals surface area contributed by atoms with E-state index in [0.717, 1.165) is 11.0 Å². The molecule has 6 rings (SSSR count). The second-order valence-corrected chi connectivity index (χ2v) is 13.5. The Balaban J connectivity index is 1.45. The number of amides is 4. The number of hydrogen-bond acceptors (Lipinski definition) is 8. The van der Waals surface area contributed by atoms with Crippen LogP contribution in [0.5, 0.6) is 17.2 Å². The van der Waals surface area contributed by atoms with Crippen molar-refractivity contribution in [2.75, 3.05) is 25.7 Å². The van der Waals surface area contributed by atoms with Gasteiger partial charge in [0.2, 0.25) is 23.6 Å². The van der Waals surface area contributed by atoms with Gasteiger partial charge in [0.1, 0.15) is 23.1 Å². The Hall–Kier alpha value is -4.45. The number of hydrogen-bond donors (Lipinski definition) is 2. The van der Waals surface area contributed by atoms with Crippen LogP contribution >= 0.6 is 11.6 Å². The number of rotatable bonds is 10. The first-order valence-corrected chi connectivity index (χ1v) is 16.3. The molecule has 4 amide bonds. The highest BCUT2D eigenvalue weighted by molar-refractivity contribution is 6.31. The number of methoxy groups -OCH3 is 2. The number of allylic oxidation sites excluding steroid dienone is 2. The van der Waals surface area contributed by atoms with E-state index in [4.69, 9.17) is 26.2 Å². The maximum absolute atomic E-state index is 14.6. The lowest BCUT2D eigenvalue weighted by atomic mass is 9.51. The molecule has 11 nitrogen and oxygen atoms in total. The number of carbonyl (C=O) groups is 5. The van der Waals surface area contributed by atoms with E-state index in [1.165, 1.54) is 43.4 Å². The van der Waals surface area contributed by atoms with Crippen LogP contribution in [0.15, 0.2) is 42.0 Å². The number of imide groups is 2. The Bertz CT molecular complexity index is 1740. The standard InChI is InChI=1S/C35H36ClFN2O9/c1-35-22(32(44)39(34(35)46)17-8-11-24(37)23(36)13-17)16-21-19(30(35)29-25(47-2)14-18(40)15-26(29)48-3)9-10-20-28(21)33(45)38(31(20)43)12-6-4-5-7-27(41)42/h8-9,11,13-15,20-22,28,30,40H,4-7,10,12,16H2,1-3H3,(H,41,42)/t20-,21+,22-,28-,30+,35+/m0/s1. The van der Waals surface area contributed by atoms with E-state index in [1.807, 2.05) is 6.08 Å². The predicted octanol–water partition coefficient (Wildman–Crippen LogP) is 5.08. The van der Waals surface area contributed by atoms with Crippen LogP contribution in [0, 0.1) is 34.9 Å². The number of anilines is 1. The molecule has 2 aromatic carbocycles. The molecule has 6 atom stereocenters. The first-order chi connectivity index (χ1) is 22.8. The van der Waals surface area contributed by atoms with Gasteiger partial charge in [-0.25, -0.2) is 9.29 Å². The third-order valence-electron chi connectivity index (χ3n) is 10.6. The van der Waals surface area contributed by atoms with Gasteiger partial charge in [-0.2, -0.15) is 0 Å². The molecule has 3 fully saturated rings. The van der Waals surface area contributed by atoms with E-state index in [-0.39, 0.29) is 65.6 Å². The summed E-state index contributed by atoms with van der Waals surface area (Å²) >= 11 is 6.07. The number of likely N-dealkylation sites (tertiary alicyclic amines) is 1. The largest absolute Gasteiger partial charge is 0.508 e. The Labute approximate surface area is 281 Å². The summed E-state index contributed by atoms with van der Waals surface area (Å²) in [5.74, 6) is -6.98. The number of carbonyl (C=O) groups excluding carboxylic acids is 4. The van der Waals surface area contributed by atoms with Gasteiger partial charge in [0.15, 0.2) is 0 Å². The molecule has 0 spiro atoms. The van der Waals surface area contributed by atoms with Gasteiger partial charge in [0.25, 0.3) is 0 Å². The van der Waals surface area contributed by atoms with Crippen molar-refractivity contribution in [3.8, 4) is 17.2 Å². The molecule has 4 aliphatic rings. The molecule has 0 aromatic heterocycles. The molecule has 2 heterocycles. The lowest BCUT2D eigenvalue weighted by Gasteiger charge is -2.49. The molecule has 2 aromatic rings. The van der Waals surface area contributed by atoms with Crippen molar-refractivity contribution in [1.29, 1.82) is 0 Å². The van der Waals surface area contributed by atoms with Crippen molar-refractivity contribution in [2.24, 2.45) is 29.1 Å². The number of aromatic hydroxyl groups is 1. The van der Waals surface area contributed by atoms with Gasteiger partial charge < -0.3 is 19.7 Å². The number of phenols is 1. The lowest BCUT2D eigenvalue weighted by Crippen LogP contribution is -2.49. The van der Waals surface area contributed by atoms with E-state index >= 15 is 0 Å². The number of fused-ring (bicyclic) bond motifs is 4. The van der Waals surface area contributed by atoms with Crippen LogP contribution in [0.25, 0.3) is 0 Å². The minimum absolute atomic E-state index is 0.00210. The van der Waals surface area contributed by atoms with Gasteiger partial charge in [-0.3, -0.25) is 28.9 Å². The summed E-state index contributed by atoms with van der Waals surface area (Å²) in [6, 6.07) is 6.39. The van der Waals surface area contributed by atoms with Crippen molar-refractivity contribution in [2.45, 2.75) is 51.4 Å². The summed E-state index contributed by atoms with van der Waals surface area (Å²) < 4.78 is 25.6. The lowest BCUT2D eigenvalue weighted by molar-refractivity contribution is -0.141. The van der Waals surface area contributed by atoms with Crippen molar-refractivity contribution >= 4 is 46.9 Å². The number of aliphatic carboxylic acids is 1. The molecule has 254 valence electrons. The quantitative estimate of drug-likeness (QED) is 0.199. The predicted molar refractivity (Wildman–Crippen MR) is 170 cm³/mol. The normalized spacial score (nSPS) is 27.9. The van der Waals surface area contributed by atoms with Crippen molar-refractivity contribution in [3.63, 3.8) is 0 Å². The average molecular weight is 683 g/mol. The summed E-state index contributed by atoms with van der Waals surface area (Å²) in [6.45, 7) is 1.85. The van der Waals surface area contributed by atoms with Gasteiger partial charge in [0, 0.05) is 36.6 Å². The molecule has 1 saturated carbocycles. The monoisotopic (exact) mass is 682 g/mol. The van der Waals surface area contributed by atoms with Crippen LogP contribution in [-0.2, 0) is 24.0 Å². The molecule has 2 N–H and O–H groups in total. The number of unbranched alkanes of at least 4 members (excludes halogenated alkanes) is 2. The summed E-state index contributed by atoms with van der Waals surface area (Å²) in [5.41, 5.74) is -0.236. The maximum atomic E-state index is 14.6. The highest BCUT2D eigenvalue weighted by Crippen LogP contribution is 2.65. The van der Waals surface area contributed by atoms with Crippen molar-refractivity contribution < 1.29 is 48.0 Å². The fourth-order valence-electron chi connectivity index (χ4n) is 8.41. The van der Waals surface area contributed by atoms with Crippen LogP contribution < -0.4 is 14.4 Å². The topological polar surface area (TPSA) is 151 Å². The number of ether oxygens (including phenoxy) is 2. The van der Waals surface area contributed by atoms with Gasteiger partial charge >= 0.3 is 5.97 Å². The van der Waals surface area contributed by atoms with Crippen LogP contribution in [0.2, 0.25) is 5.02 Å². The zero-order valence-corrected chi connectivity index (χ0v) is 27.5. The molecule has 2 aliphatic heterocycles. The van der Waals surface area contributed by atoms with Gasteiger partial charge in [0.05, 0.1) is 48.1 Å². The Kier molecular flexibility index (Phi) is 8.74. The van der Waals surface area contributed by atoms with Crippen LogP contribution in [0.4, 0.5) is 10.1 Å². The Morgan fingerprint density at radius 1 is 1.00 bits per heavy atom. The second-order valence-electron chi connectivity index (χ2n) is 13.1. The number of carboxylic acid groups (broad SMARTS) is 1. The Morgan fingerprint density at radius 2 is 1.69 bits per heavy atom. The average Bonchev–Trinajstić information content (AvgIpc) is 3.41. The number of halogens is 2. The molecule has 0 radical (unpaired) electrons. The molecule has 0 unspecified atom stereocenters. The number of nitrogens with zero attached hydrogens (tertiary/aromatic N) is 2. The number of benzene rings is 2. The molecule has 13 heteroatoms. The first-order valence-electron chi connectivity index (χ1n) is 15.9. The van der Waals surface area contributed by atoms with Crippen molar-refractivity contribution in [3.05, 3.63) is 58.4 Å². The minimum atomic E-state index is -1.44. The van der Waals surface area contributed by atoms with Gasteiger partial charge in [-0.05, 0) is 56.7 Å². The fraction of sp³-hybridized carbons (Fsp3) is 0.457. The van der Waals surface area contributed by atoms with Crippen LogP contribution in [0.3, 0.4) is 0 Å². The maximum Gasteiger partial charge on any atom is 0.303 e. The van der Waals surface area contributed by atoms with Gasteiger partial charge in [-0.1, -0.05) is 29.7 Å². The summed E-state index contributed by atoms with van der Waals surface area (Å²) in [6.07, 6.45) is 3.65. The number of phenolic OH excluding ortho intramolecular Hbond substituents is 1. The van der Waals surface area contributed by atoms with E-state index in [9.17, 15) is 33.5 Å². The summed E-state index contributed by atoms with van der Waals surface area (Å²) in [5, 5.41) is 19.2. The fourth-order valence-corrected chi connectivity index (χ4v) is 8.59.